The van der Waals surface area contributed by atoms with E-state index in [-0.39, 0.29) is 5.97 Å². The summed E-state index contributed by atoms with van der Waals surface area (Å²) in [6, 6.07) is 15.1. The van der Waals surface area contributed by atoms with Crippen LogP contribution in [0.1, 0.15) is 29.8 Å². The van der Waals surface area contributed by atoms with Gasteiger partial charge in [0.25, 0.3) is 0 Å². The van der Waals surface area contributed by atoms with E-state index in [0.717, 1.165) is 31.0 Å². The Morgan fingerprint density at radius 1 is 0.963 bits per heavy atom. The molecule has 0 amide bonds. The molecular formula is C21H27N3O2S. The number of esters is 1. The Kier molecular flexibility index (Phi) is 8.23. The van der Waals surface area contributed by atoms with Crippen LogP contribution in [0.2, 0.25) is 0 Å². The smallest absolute Gasteiger partial charge is 0.338 e. The van der Waals surface area contributed by atoms with Gasteiger partial charge in [-0.1, -0.05) is 31.5 Å². The first-order chi connectivity index (χ1) is 13.0. The molecule has 2 aromatic carbocycles. The zero-order valence-corrected chi connectivity index (χ0v) is 16.9. The maximum Gasteiger partial charge on any atom is 0.338 e. The van der Waals surface area contributed by atoms with E-state index in [1.54, 1.807) is 12.1 Å². The number of likely N-dealkylation sites (N-methyl/N-ethyl adjacent to an activating group) is 1. The van der Waals surface area contributed by atoms with Crippen molar-refractivity contribution < 1.29 is 9.53 Å². The SMILES string of the molecule is CCN(CC)CCOC(=O)c1ccc(NC(=S)Nc2ccc(C)cc2)cc1. The first kappa shape index (κ1) is 20.9. The fourth-order valence-corrected chi connectivity index (χ4v) is 2.75. The van der Waals surface area contributed by atoms with Crippen LogP contribution in [0.4, 0.5) is 11.4 Å². The van der Waals surface area contributed by atoms with Gasteiger partial charge in [0.1, 0.15) is 6.61 Å². The number of hydrogen-bond acceptors (Lipinski definition) is 4. The minimum atomic E-state index is -0.311. The Morgan fingerprint density at radius 2 is 1.48 bits per heavy atom. The molecule has 0 saturated carbocycles. The Balaban J connectivity index is 1.82. The Hall–Kier alpha value is -2.44. The van der Waals surface area contributed by atoms with Crippen LogP contribution in [0.25, 0.3) is 0 Å². The van der Waals surface area contributed by atoms with Gasteiger partial charge in [-0.05, 0) is 68.6 Å². The summed E-state index contributed by atoms with van der Waals surface area (Å²) in [7, 11) is 0. The summed E-state index contributed by atoms with van der Waals surface area (Å²) in [6.45, 7) is 9.26. The van der Waals surface area contributed by atoms with Gasteiger partial charge in [0, 0.05) is 17.9 Å². The predicted molar refractivity (Wildman–Crippen MR) is 116 cm³/mol. The number of benzene rings is 2. The number of nitrogens with zero attached hydrogens (tertiary/aromatic N) is 1. The number of anilines is 2. The molecule has 0 aromatic heterocycles. The molecule has 0 aliphatic heterocycles. The largest absolute Gasteiger partial charge is 0.461 e. The van der Waals surface area contributed by atoms with Crippen molar-refractivity contribution in [1.82, 2.24) is 4.90 Å². The van der Waals surface area contributed by atoms with Crippen molar-refractivity contribution in [3.8, 4) is 0 Å². The third-order valence-electron chi connectivity index (χ3n) is 4.22. The lowest BCUT2D eigenvalue weighted by Crippen LogP contribution is -2.27. The van der Waals surface area contributed by atoms with Gasteiger partial charge in [-0.3, -0.25) is 0 Å². The highest BCUT2D eigenvalue weighted by Gasteiger charge is 2.08. The molecule has 5 nitrogen and oxygen atoms in total. The van der Waals surface area contributed by atoms with Crippen LogP contribution in [0, 0.1) is 6.92 Å². The van der Waals surface area contributed by atoms with E-state index in [0.29, 0.717) is 17.3 Å². The number of hydrogen-bond donors (Lipinski definition) is 2. The van der Waals surface area contributed by atoms with Crippen molar-refractivity contribution in [2.45, 2.75) is 20.8 Å². The topological polar surface area (TPSA) is 53.6 Å². The van der Waals surface area contributed by atoms with Gasteiger partial charge in [0.05, 0.1) is 5.56 Å². The lowest BCUT2D eigenvalue weighted by Gasteiger charge is -2.17. The zero-order valence-electron chi connectivity index (χ0n) is 16.1. The first-order valence-electron chi connectivity index (χ1n) is 9.16. The molecule has 6 heteroatoms. The highest BCUT2D eigenvalue weighted by atomic mass is 32.1. The van der Waals surface area contributed by atoms with E-state index in [2.05, 4.69) is 29.4 Å². The molecule has 0 aliphatic rings. The van der Waals surface area contributed by atoms with E-state index < -0.39 is 0 Å². The van der Waals surface area contributed by atoms with Crippen molar-refractivity contribution in [3.63, 3.8) is 0 Å². The van der Waals surface area contributed by atoms with Crippen molar-refractivity contribution in [2.75, 3.05) is 36.9 Å². The fraction of sp³-hybridized carbons (Fsp3) is 0.333. The summed E-state index contributed by atoms with van der Waals surface area (Å²) in [6.07, 6.45) is 0. The van der Waals surface area contributed by atoms with Crippen LogP contribution in [0.15, 0.2) is 48.5 Å². The van der Waals surface area contributed by atoms with Crippen molar-refractivity contribution >= 4 is 34.7 Å². The molecular weight excluding hydrogens is 358 g/mol. The average molecular weight is 386 g/mol. The normalized spacial score (nSPS) is 10.5. The third-order valence-corrected chi connectivity index (χ3v) is 4.43. The summed E-state index contributed by atoms with van der Waals surface area (Å²) >= 11 is 5.32. The van der Waals surface area contributed by atoms with E-state index in [1.807, 2.05) is 43.3 Å². The fourth-order valence-electron chi connectivity index (χ4n) is 2.51. The molecule has 0 aliphatic carbocycles. The number of nitrogens with one attached hydrogen (secondary N) is 2. The molecule has 0 unspecified atom stereocenters. The second-order valence-electron chi connectivity index (χ2n) is 6.19. The summed E-state index contributed by atoms with van der Waals surface area (Å²) in [5.74, 6) is -0.311. The lowest BCUT2D eigenvalue weighted by atomic mass is 10.2. The maximum atomic E-state index is 12.1. The first-order valence-corrected chi connectivity index (χ1v) is 9.56. The average Bonchev–Trinajstić information content (AvgIpc) is 2.67. The third kappa shape index (κ3) is 7.00. The van der Waals surface area contributed by atoms with Crippen LogP contribution in [-0.2, 0) is 4.74 Å². The predicted octanol–water partition coefficient (Wildman–Crippen LogP) is 4.30. The molecule has 0 spiro atoms. The summed E-state index contributed by atoms with van der Waals surface area (Å²) in [5.41, 5.74) is 3.45. The molecule has 2 N–H and O–H groups in total. The number of aryl methyl sites for hydroxylation is 1. The molecule has 0 bridgehead atoms. The number of carbonyl (C=O) groups is 1. The Bertz CT molecular complexity index is 741. The van der Waals surface area contributed by atoms with Gasteiger partial charge >= 0.3 is 5.97 Å². The van der Waals surface area contributed by atoms with Crippen LogP contribution in [0.5, 0.6) is 0 Å². The van der Waals surface area contributed by atoms with E-state index in [4.69, 9.17) is 17.0 Å². The summed E-state index contributed by atoms with van der Waals surface area (Å²) < 4.78 is 5.33. The second kappa shape index (κ2) is 10.6. The van der Waals surface area contributed by atoms with Crippen LogP contribution >= 0.6 is 12.2 Å². The molecule has 144 valence electrons. The molecule has 0 heterocycles. The van der Waals surface area contributed by atoms with Gasteiger partial charge in [0.2, 0.25) is 0 Å². The quantitative estimate of drug-likeness (QED) is 0.522. The monoisotopic (exact) mass is 385 g/mol. The highest BCUT2D eigenvalue weighted by molar-refractivity contribution is 7.80. The molecule has 2 aromatic rings. The van der Waals surface area contributed by atoms with Crippen LogP contribution in [-0.4, -0.2) is 42.2 Å². The number of thiocarbonyl (C=S) groups is 1. The molecule has 0 atom stereocenters. The van der Waals surface area contributed by atoms with Crippen molar-refractivity contribution in [2.24, 2.45) is 0 Å². The van der Waals surface area contributed by atoms with Gasteiger partial charge in [0.15, 0.2) is 5.11 Å². The van der Waals surface area contributed by atoms with Crippen molar-refractivity contribution in [1.29, 1.82) is 0 Å². The zero-order chi connectivity index (χ0) is 19.6. The van der Waals surface area contributed by atoms with Gasteiger partial charge in [-0.25, -0.2) is 4.79 Å². The minimum Gasteiger partial charge on any atom is -0.461 e. The molecule has 27 heavy (non-hydrogen) atoms. The molecule has 2 rings (SSSR count). The number of rotatable bonds is 8. The van der Waals surface area contributed by atoms with Gasteiger partial charge in [-0.2, -0.15) is 0 Å². The molecule has 0 radical (unpaired) electrons. The maximum absolute atomic E-state index is 12.1. The van der Waals surface area contributed by atoms with Gasteiger partial charge in [-0.15, -0.1) is 0 Å². The van der Waals surface area contributed by atoms with Crippen molar-refractivity contribution in [3.05, 3.63) is 59.7 Å². The standard InChI is InChI=1S/C21H27N3O2S/c1-4-24(5-2)14-15-26-20(25)17-8-12-19(13-9-17)23-21(27)22-18-10-6-16(3)7-11-18/h6-13H,4-5,14-15H2,1-3H3,(H2,22,23,27). The van der Waals surface area contributed by atoms with Gasteiger partial charge < -0.3 is 20.3 Å². The number of carbonyl (C=O) groups excluding carboxylic acids is 1. The Morgan fingerprint density at radius 3 is 2.00 bits per heavy atom. The van der Waals surface area contributed by atoms with E-state index in [9.17, 15) is 4.79 Å². The summed E-state index contributed by atoms with van der Waals surface area (Å²) in [5, 5.41) is 6.73. The molecule has 0 saturated heterocycles. The number of ether oxygens (including phenoxy) is 1. The van der Waals surface area contributed by atoms with Crippen LogP contribution in [0.3, 0.4) is 0 Å². The Labute approximate surface area is 166 Å². The highest BCUT2D eigenvalue weighted by Crippen LogP contribution is 2.13. The molecule has 0 fully saturated rings. The minimum absolute atomic E-state index is 0.311. The lowest BCUT2D eigenvalue weighted by molar-refractivity contribution is 0.0466. The second-order valence-corrected chi connectivity index (χ2v) is 6.59. The van der Waals surface area contributed by atoms with E-state index >= 15 is 0 Å². The summed E-state index contributed by atoms with van der Waals surface area (Å²) in [4.78, 5) is 14.3. The van der Waals surface area contributed by atoms with E-state index in [1.165, 1.54) is 5.56 Å². The van der Waals surface area contributed by atoms with Crippen LogP contribution < -0.4 is 10.6 Å².